The first kappa shape index (κ1) is 22.0. The van der Waals surface area contributed by atoms with Gasteiger partial charge < -0.3 is 9.22 Å². The van der Waals surface area contributed by atoms with Crippen molar-refractivity contribution in [3.63, 3.8) is 0 Å². The van der Waals surface area contributed by atoms with Crippen LogP contribution in [0.15, 0.2) is 17.0 Å². The fourth-order valence-electron chi connectivity index (χ4n) is 2.46. The molecule has 0 aliphatic rings. The number of aryl methyl sites for hydroxylation is 3. The summed E-state index contributed by atoms with van der Waals surface area (Å²) in [7, 11) is -5.86. The number of aldehydes is 1. The molecule has 0 bridgehead atoms. The molecular weight excluding hydrogens is 354 g/mol. The summed E-state index contributed by atoms with van der Waals surface area (Å²) in [4.78, 5) is 11.6. The molecule has 0 fully saturated rings. The van der Waals surface area contributed by atoms with Gasteiger partial charge in [0.05, 0.1) is 17.5 Å². The molecule has 1 aromatic rings. The first-order valence-electron chi connectivity index (χ1n) is 8.41. The smallest absolute Gasteiger partial charge is 0.241 e. The Bertz CT molecular complexity index is 713. The minimum Gasteiger partial charge on any atom is -0.415 e. The summed E-state index contributed by atoms with van der Waals surface area (Å²) in [5, 5.41) is -0.0105. The van der Waals surface area contributed by atoms with Crippen molar-refractivity contribution in [2.24, 2.45) is 0 Å². The lowest BCUT2D eigenvalue weighted by molar-refractivity contribution is -0.109. The zero-order chi connectivity index (χ0) is 19.6. The Morgan fingerprint density at radius 3 is 2.04 bits per heavy atom. The van der Waals surface area contributed by atoms with Gasteiger partial charge in [-0.3, -0.25) is 0 Å². The molecule has 0 aliphatic heterocycles. The number of benzene rings is 1. The van der Waals surface area contributed by atoms with Crippen LogP contribution in [0.1, 0.15) is 37.5 Å². The largest absolute Gasteiger partial charge is 0.415 e. The zero-order valence-corrected chi connectivity index (χ0v) is 18.4. The standard InChI is InChI=1S/C18H31NO4SSi/c1-13-9-14(2)17(15(3)10-13)24(21,22)19-16(11-20)12-23-25(7,8)18(4,5)6/h9-11,16,19H,12H2,1-8H3/t16-/m1/s1. The monoisotopic (exact) mass is 385 g/mol. The minimum absolute atomic E-state index is 0.0105. The lowest BCUT2D eigenvalue weighted by Crippen LogP contribution is -2.47. The van der Waals surface area contributed by atoms with Crippen LogP contribution in [-0.2, 0) is 19.2 Å². The van der Waals surface area contributed by atoms with Gasteiger partial charge in [0, 0.05) is 0 Å². The third kappa shape index (κ3) is 5.47. The highest BCUT2D eigenvalue weighted by Crippen LogP contribution is 2.36. The van der Waals surface area contributed by atoms with Crippen LogP contribution >= 0.6 is 0 Å². The molecule has 0 amide bonds. The maximum absolute atomic E-state index is 12.8. The molecule has 142 valence electrons. The van der Waals surface area contributed by atoms with E-state index in [0.717, 1.165) is 5.56 Å². The Morgan fingerprint density at radius 1 is 1.16 bits per heavy atom. The zero-order valence-electron chi connectivity index (χ0n) is 16.6. The molecule has 7 heteroatoms. The molecule has 5 nitrogen and oxygen atoms in total. The van der Waals surface area contributed by atoms with Crippen molar-refractivity contribution in [2.75, 3.05) is 6.61 Å². The highest BCUT2D eigenvalue weighted by atomic mass is 32.2. The van der Waals surface area contributed by atoms with E-state index in [4.69, 9.17) is 4.43 Å². The summed E-state index contributed by atoms with van der Waals surface area (Å²) in [6.45, 7) is 15.9. The molecule has 1 atom stereocenters. The maximum Gasteiger partial charge on any atom is 0.241 e. The van der Waals surface area contributed by atoms with Crippen LogP contribution in [0.3, 0.4) is 0 Å². The van der Waals surface area contributed by atoms with Crippen LogP contribution in [0.5, 0.6) is 0 Å². The molecule has 25 heavy (non-hydrogen) atoms. The van der Waals surface area contributed by atoms with E-state index in [1.54, 1.807) is 13.8 Å². The van der Waals surface area contributed by atoms with Crippen molar-refractivity contribution in [3.8, 4) is 0 Å². The van der Waals surface area contributed by atoms with E-state index >= 15 is 0 Å². The van der Waals surface area contributed by atoms with Crippen LogP contribution in [-0.4, -0.2) is 35.7 Å². The highest BCUT2D eigenvalue weighted by Gasteiger charge is 2.38. The van der Waals surface area contributed by atoms with Crippen LogP contribution in [0.2, 0.25) is 18.1 Å². The first-order valence-corrected chi connectivity index (χ1v) is 12.8. The Balaban J connectivity index is 3.00. The van der Waals surface area contributed by atoms with Crippen LogP contribution in [0.4, 0.5) is 0 Å². The van der Waals surface area contributed by atoms with Crippen LogP contribution < -0.4 is 4.72 Å². The van der Waals surface area contributed by atoms with E-state index < -0.39 is 24.4 Å². The molecule has 0 aliphatic carbocycles. The summed E-state index contributed by atoms with van der Waals surface area (Å²) in [6.07, 6.45) is 0.601. The van der Waals surface area contributed by atoms with E-state index in [1.807, 2.05) is 19.1 Å². The molecule has 1 N–H and O–H groups in total. The molecule has 0 saturated heterocycles. The van der Waals surface area contributed by atoms with Gasteiger partial charge in [0.15, 0.2) is 8.32 Å². The van der Waals surface area contributed by atoms with Gasteiger partial charge in [-0.15, -0.1) is 0 Å². The summed E-state index contributed by atoms with van der Waals surface area (Å²) in [6, 6.07) is 2.74. The van der Waals surface area contributed by atoms with Gasteiger partial charge in [0.2, 0.25) is 10.0 Å². The molecule has 0 heterocycles. The molecule has 1 rings (SSSR count). The van der Waals surface area contributed by atoms with Crippen LogP contribution in [0.25, 0.3) is 0 Å². The SMILES string of the molecule is Cc1cc(C)c(S(=O)(=O)N[C@H](C=O)CO[Si](C)(C)C(C)(C)C)c(C)c1. The lowest BCUT2D eigenvalue weighted by Gasteiger charge is -2.36. The van der Waals surface area contributed by atoms with Gasteiger partial charge in [0.1, 0.15) is 6.29 Å². The molecule has 1 aromatic carbocycles. The molecule has 0 aromatic heterocycles. The van der Waals surface area contributed by atoms with Gasteiger partial charge in [-0.2, -0.15) is 4.72 Å². The van der Waals surface area contributed by atoms with Crippen molar-refractivity contribution < 1.29 is 17.6 Å². The summed E-state index contributed by atoms with van der Waals surface area (Å²) < 4.78 is 34.0. The fourth-order valence-corrected chi connectivity index (χ4v) is 5.10. The minimum atomic E-state index is -3.80. The second-order valence-electron chi connectivity index (χ2n) is 8.16. The summed E-state index contributed by atoms with van der Waals surface area (Å²) >= 11 is 0. The Morgan fingerprint density at radius 2 is 1.64 bits per heavy atom. The number of rotatable bonds is 7. The number of carbonyl (C=O) groups is 1. The van der Waals surface area contributed by atoms with Gasteiger partial charge in [0.25, 0.3) is 0 Å². The van der Waals surface area contributed by atoms with Gasteiger partial charge in [-0.1, -0.05) is 38.5 Å². The fraction of sp³-hybridized carbons (Fsp3) is 0.611. The lowest BCUT2D eigenvalue weighted by atomic mass is 10.1. The predicted octanol–water partition coefficient (Wildman–Crippen LogP) is 3.48. The number of sulfonamides is 1. The van der Waals surface area contributed by atoms with E-state index in [-0.39, 0.29) is 16.5 Å². The van der Waals surface area contributed by atoms with Crippen molar-refractivity contribution >= 4 is 24.6 Å². The van der Waals surface area contributed by atoms with Gasteiger partial charge in [-0.25, -0.2) is 8.42 Å². The van der Waals surface area contributed by atoms with E-state index in [0.29, 0.717) is 17.4 Å². The van der Waals surface area contributed by atoms with Crippen molar-refractivity contribution in [3.05, 3.63) is 28.8 Å². The third-order valence-corrected chi connectivity index (χ3v) is 11.1. The predicted molar refractivity (Wildman–Crippen MR) is 104 cm³/mol. The normalized spacial score (nSPS) is 14.4. The molecule has 0 spiro atoms. The quantitative estimate of drug-likeness (QED) is 0.576. The second-order valence-corrected chi connectivity index (χ2v) is 14.6. The number of hydrogen-bond donors (Lipinski definition) is 1. The molecule has 0 unspecified atom stereocenters. The molecule has 0 saturated carbocycles. The summed E-state index contributed by atoms with van der Waals surface area (Å²) in [5.74, 6) is 0. The maximum atomic E-state index is 12.8. The third-order valence-electron chi connectivity index (χ3n) is 4.77. The van der Waals surface area contributed by atoms with Crippen molar-refractivity contribution in [1.29, 1.82) is 0 Å². The molecular formula is C18H31NO4SSi. The average molecular weight is 386 g/mol. The Hall–Kier alpha value is -1.02. The average Bonchev–Trinajstić information content (AvgIpc) is 2.40. The second kappa shape index (κ2) is 7.69. The Labute approximate surface area is 153 Å². The first-order chi connectivity index (χ1) is 11.2. The highest BCUT2D eigenvalue weighted by molar-refractivity contribution is 7.89. The molecule has 0 radical (unpaired) electrons. The summed E-state index contributed by atoms with van der Waals surface area (Å²) in [5.41, 5.74) is 2.34. The number of nitrogens with one attached hydrogen (secondary N) is 1. The van der Waals surface area contributed by atoms with Crippen molar-refractivity contribution in [1.82, 2.24) is 4.72 Å². The van der Waals surface area contributed by atoms with E-state index in [2.05, 4.69) is 38.6 Å². The number of carbonyl (C=O) groups excluding carboxylic acids is 1. The number of hydrogen-bond acceptors (Lipinski definition) is 4. The van der Waals surface area contributed by atoms with Gasteiger partial charge in [-0.05, 0) is 50.0 Å². The Kier molecular flexibility index (Phi) is 6.78. The topological polar surface area (TPSA) is 72.5 Å². The van der Waals surface area contributed by atoms with E-state index in [1.165, 1.54) is 0 Å². The van der Waals surface area contributed by atoms with Crippen molar-refractivity contribution in [2.45, 2.75) is 70.6 Å². The van der Waals surface area contributed by atoms with Crippen LogP contribution in [0, 0.1) is 20.8 Å². The van der Waals surface area contributed by atoms with E-state index in [9.17, 15) is 13.2 Å². The van der Waals surface area contributed by atoms with Gasteiger partial charge >= 0.3 is 0 Å².